The van der Waals surface area contributed by atoms with Crippen LogP contribution in [0.25, 0.3) is 5.57 Å². The van der Waals surface area contributed by atoms with Crippen molar-refractivity contribution in [3.05, 3.63) is 29.0 Å². The van der Waals surface area contributed by atoms with Crippen molar-refractivity contribution in [3.63, 3.8) is 0 Å². The van der Waals surface area contributed by atoms with Gasteiger partial charge in [-0.2, -0.15) is 0 Å². The van der Waals surface area contributed by atoms with E-state index in [2.05, 4.69) is 25.0 Å². The molecule has 28 heavy (non-hydrogen) atoms. The standard InChI is InChI=1S/C21H27NO5Si/c1-21(2)26-19-17-16(18(23)20(19)27-21)13-8-15-14(24-10-25-15)7-11(13)6-12(22-17)9-28(3,4)5/h7-8,12,19-20,22H,6,9-10H2,1-5H3/t12?,19-,20+/m0/s1. The molecule has 1 aliphatic carbocycles. The first kappa shape index (κ1) is 18.2. The Labute approximate surface area is 166 Å². The fourth-order valence-electron chi connectivity index (χ4n) is 4.80. The van der Waals surface area contributed by atoms with Crippen LogP contribution in [0.5, 0.6) is 11.5 Å². The van der Waals surface area contributed by atoms with E-state index in [1.165, 1.54) is 0 Å². The Balaban J connectivity index is 1.64. The van der Waals surface area contributed by atoms with E-state index in [-0.39, 0.29) is 24.7 Å². The van der Waals surface area contributed by atoms with Crippen molar-refractivity contribution in [2.45, 2.75) is 70.0 Å². The monoisotopic (exact) mass is 401 g/mol. The van der Waals surface area contributed by atoms with Gasteiger partial charge in [-0.1, -0.05) is 19.6 Å². The van der Waals surface area contributed by atoms with Crippen molar-refractivity contribution in [3.8, 4) is 11.5 Å². The first-order valence-electron chi connectivity index (χ1n) is 9.95. The average Bonchev–Trinajstić information content (AvgIpc) is 3.17. The molecule has 0 saturated carbocycles. The largest absolute Gasteiger partial charge is 0.454 e. The van der Waals surface area contributed by atoms with Gasteiger partial charge >= 0.3 is 0 Å². The highest BCUT2D eigenvalue weighted by Crippen LogP contribution is 2.47. The van der Waals surface area contributed by atoms with Crippen molar-refractivity contribution < 1.29 is 23.7 Å². The van der Waals surface area contributed by atoms with Gasteiger partial charge in [0.15, 0.2) is 29.2 Å². The molecule has 0 radical (unpaired) electrons. The number of carbonyl (C=O) groups excluding carboxylic acids is 1. The van der Waals surface area contributed by atoms with E-state index < -0.39 is 20.0 Å². The van der Waals surface area contributed by atoms with Crippen LogP contribution < -0.4 is 14.8 Å². The smallest absolute Gasteiger partial charge is 0.231 e. The van der Waals surface area contributed by atoms with E-state index in [9.17, 15) is 4.79 Å². The van der Waals surface area contributed by atoms with Crippen LogP contribution in [0.15, 0.2) is 17.8 Å². The number of hydrogen-bond acceptors (Lipinski definition) is 6. The first-order valence-corrected chi connectivity index (χ1v) is 13.7. The van der Waals surface area contributed by atoms with Gasteiger partial charge in [-0.25, -0.2) is 0 Å². The van der Waals surface area contributed by atoms with Gasteiger partial charge in [-0.3, -0.25) is 4.79 Å². The number of rotatable bonds is 2. The van der Waals surface area contributed by atoms with Gasteiger partial charge in [0.05, 0.1) is 5.70 Å². The molecule has 1 aromatic carbocycles. The molecule has 1 saturated heterocycles. The van der Waals surface area contributed by atoms with Gasteiger partial charge in [0.25, 0.3) is 0 Å². The number of hydrogen-bond donors (Lipinski definition) is 1. The van der Waals surface area contributed by atoms with Crippen molar-refractivity contribution >= 4 is 19.4 Å². The molecule has 150 valence electrons. The number of carbonyl (C=O) groups is 1. The highest BCUT2D eigenvalue weighted by atomic mass is 28.3. The molecule has 4 aliphatic rings. The summed E-state index contributed by atoms with van der Waals surface area (Å²) in [5.41, 5.74) is 3.62. The molecule has 0 amide bonds. The predicted octanol–water partition coefficient (Wildman–Crippen LogP) is 3.08. The van der Waals surface area contributed by atoms with Crippen LogP contribution in [-0.4, -0.2) is 44.7 Å². The van der Waals surface area contributed by atoms with E-state index >= 15 is 0 Å². The quantitative estimate of drug-likeness (QED) is 0.769. The molecule has 1 N–H and O–H groups in total. The Morgan fingerprint density at radius 3 is 2.50 bits per heavy atom. The Hall–Kier alpha value is -1.83. The zero-order chi connectivity index (χ0) is 19.8. The van der Waals surface area contributed by atoms with Crippen LogP contribution in [0.2, 0.25) is 25.7 Å². The lowest BCUT2D eigenvalue weighted by Gasteiger charge is -2.28. The Morgan fingerprint density at radius 1 is 1.11 bits per heavy atom. The maximum Gasteiger partial charge on any atom is 0.231 e. The average molecular weight is 402 g/mol. The van der Waals surface area contributed by atoms with Crippen LogP contribution in [0, 0.1) is 0 Å². The third kappa shape index (κ3) is 2.88. The second-order valence-electron chi connectivity index (χ2n) is 9.80. The highest BCUT2D eigenvalue weighted by molar-refractivity contribution is 6.76. The fraction of sp³-hybridized carbons (Fsp3) is 0.571. The maximum absolute atomic E-state index is 13.4. The molecule has 6 nitrogen and oxygen atoms in total. The lowest BCUT2D eigenvalue weighted by atomic mass is 9.94. The number of fused-ring (bicyclic) bond motifs is 5. The van der Waals surface area contributed by atoms with Gasteiger partial charge in [0, 0.05) is 19.7 Å². The summed E-state index contributed by atoms with van der Waals surface area (Å²) in [7, 11) is -1.33. The predicted molar refractivity (Wildman–Crippen MR) is 107 cm³/mol. The zero-order valence-corrected chi connectivity index (χ0v) is 18.0. The number of ketones is 1. The summed E-state index contributed by atoms with van der Waals surface area (Å²) in [6.07, 6.45) is -0.118. The summed E-state index contributed by atoms with van der Waals surface area (Å²) in [6, 6.07) is 5.35. The van der Waals surface area contributed by atoms with Crippen LogP contribution in [0.4, 0.5) is 0 Å². The minimum atomic E-state index is -1.33. The van der Waals surface area contributed by atoms with E-state index in [1.54, 1.807) is 0 Å². The number of nitrogens with one attached hydrogen (secondary N) is 1. The van der Waals surface area contributed by atoms with Crippen LogP contribution in [0.1, 0.15) is 25.0 Å². The molecule has 0 aromatic heterocycles. The molecule has 0 bridgehead atoms. The summed E-state index contributed by atoms with van der Waals surface area (Å²) < 4.78 is 23.3. The molecule has 1 unspecified atom stereocenters. The van der Waals surface area contributed by atoms with Crippen molar-refractivity contribution in [2.75, 3.05) is 6.79 Å². The van der Waals surface area contributed by atoms with Crippen LogP contribution in [0.3, 0.4) is 0 Å². The number of Topliss-reactive ketones (excluding diaryl/α,β-unsaturated/α-hetero) is 1. The summed E-state index contributed by atoms with van der Waals surface area (Å²) in [6.45, 7) is 11.1. The summed E-state index contributed by atoms with van der Waals surface area (Å²) in [5.74, 6) is 0.686. The lowest BCUT2D eigenvalue weighted by molar-refractivity contribution is -0.152. The molecule has 3 aliphatic heterocycles. The van der Waals surface area contributed by atoms with Gasteiger partial charge in [-0.05, 0) is 49.6 Å². The van der Waals surface area contributed by atoms with Crippen molar-refractivity contribution in [1.82, 2.24) is 5.32 Å². The Kier molecular flexibility index (Phi) is 3.80. The number of ether oxygens (including phenoxy) is 4. The lowest BCUT2D eigenvalue weighted by Crippen LogP contribution is -2.40. The second-order valence-corrected chi connectivity index (χ2v) is 15.3. The van der Waals surface area contributed by atoms with Gasteiger partial charge in [0.2, 0.25) is 6.79 Å². The SMILES string of the molecule is CC1(C)O[C@@H]2C(=O)C3=C(NC(C[Si](C)(C)C)Cc4cc5c(cc43)OCO5)[C@@H]2O1. The van der Waals surface area contributed by atoms with E-state index in [4.69, 9.17) is 18.9 Å². The highest BCUT2D eigenvalue weighted by Gasteiger charge is 2.54. The topological polar surface area (TPSA) is 66.0 Å². The third-order valence-corrected chi connectivity index (χ3v) is 7.43. The van der Waals surface area contributed by atoms with Crippen LogP contribution in [-0.2, 0) is 20.7 Å². The van der Waals surface area contributed by atoms with E-state index in [0.29, 0.717) is 11.3 Å². The maximum atomic E-state index is 13.4. The molecular weight excluding hydrogens is 374 g/mol. The zero-order valence-electron chi connectivity index (χ0n) is 17.0. The first-order chi connectivity index (χ1) is 13.1. The molecule has 3 heterocycles. The summed E-state index contributed by atoms with van der Waals surface area (Å²) in [4.78, 5) is 13.4. The molecule has 1 aromatic rings. The van der Waals surface area contributed by atoms with Gasteiger partial charge in [-0.15, -0.1) is 0 Å². The molecular formula is C21H27NO5Si. The molecule has 7 heteroatoms. The number of benzene rings is 1. The summed E-state index contributed by atoms with van der Waals surface area (Å²) >= 11 is 0. The van der Waals surface area contributed by atoms with E-state index in [1.807, 2.05) is 26.0 Å². The second kappa shape index (κ2) is 5.84. The van der Waals surface area contributed by atoms with Crippen molar-refractivity contribution in [1.29, 1.82) is 0 Å². The van der Waals surface area contributed by atoms with Gasteiger partial charge < -0.3 is 24.3 Å². The van der Waals surface area contributed by atoms with Gasteiger partial charge in [0.1, 0.15) is 6.10 Å². The Bertz CT molecular complexity index is 901. The molecule has 0 spiro atoms. The summed E-state index contributed by atoms with van der Waals surface area (Å²) in [5, 5.41) is 3.70. The molecule has 5 rings (SSSR count). The normalized spacial score (nSPS) is 29.9. The Morgan fingerprint density at radius 2 is 1.79 bits per heavy atom. The van der Waals surface area contributed by atoms with Crippen molar-refractivity contribution in [2.24, 2.45) is 0 Å². The fourth-order valence-corrected chi connectivity index (χ4v) is 6.52. The van der Waals surface area contributed by atoms with E-state index in [0.717, 1.165) is 35.0 Å². The molecule has 3 atom stereocenters. The molecule has 1 fully saturated rings. The third-order valence-electron chi connectivity index (χ3n) is 5.71. The van der Waals surface area contributed by atoms with Crippen LogP contribution >= 0.6 is 0 Å². The minimum Gasteiger partial charge on any atom is -0.454 e. The minimum absolute atomic E-state index is 0.00755.